The Morgan fingerprint density at radius 1 is 0.913 bits per heavy atom. The van der Waals surface area contributed by atoms with E-state index in [4.69, 9.17) is 0 Å². The number of benzene rings is 2. The van der Waals surface area contributed by atoms with Crippen LogP contribution >= 0.6 is 15.9 Å². The zero-order valence-electron chi connectivity index (χ0n) is 13.3. The quantitative estimate of drug-likeness (QED) is 0.818. The minimum absolute atomic E-state index is 0.116. The predicted octanol–water partition coefficient (Wildman–Crippen LogP) is 4.69. The number of hydrogen-bond donors (Lipinski definition) is 2. The molecule has 2 amide bonds. The standard InChI is InChI=1S/C18H19BrN2O2/c1-18(2,3)17(23)21-14-10-9-13(19)11-15(14)20-16(22)12-7-5-4-6-8-12/h4-11H,1-3H3,(H,20,22)(H,21,23). The van der Waals surface area contributed by atoms with Crippen molar-refractivity contribution in [2.24, 2.45) is 5.41 Å². The van der Waals surface area contributed by atoms with Crippen molar-refractivity contribution < 1.29 is 9.59 Å². The molecule has 23 heavy (non-hydrogen) atoms. The van der Waals surface area contributed by atoms with Crippen LogP contribution in [-0.4, -0.2) is 11.8 Å². The third-order valence-corrected chi connectivity index (χ3v) is 3.69. The van der Waals surface area contributed by atoms with Crippen molar-refractivity contribution in [3.05, 3.63) is 58.6 Å². The number of carbonyl (C=O) groups is 2. The molecule has 0 saturated carbocycles. The van der Waals surface area contributed by atoms with Gasteiger partial charge in [0.25, 0.3) is 5.91 Å². The van der Waals surface area contributed by atoms with Gasteiger partial charge in [-0.15, -0.1) is 0 Å². The number of hydrogen-bond acceptors (Lipinski definition) is 2. The molecule has 0 aliphatic carbocycles. The lowest BCUT2D eigenvalue weighted by Crippen LogP contribution is -2.28. The van der Waals surface area contributed by atoms with Crippen molar-refractivity contribution in [1.82, 2.24) is 0 Å². The van der Waals surface area contributed by atoms with Crippen molar-refractivity contribution in [2.45, 2.75) is 20.8 Å². The van der Waals surface area contributed by atoms with Crippen molar-refractivity contribution >= 4 is 39.1 Å². The van der Waals surface area contributed by atoms with Gasteiger partial charge in [-0.3, -0.25) is 9.59 Å². The third-order valence-electron chi connectivity index (χ3n) is 3.20. The summed E-state index contributed by atoms with van der Waals surface area (Å²) in [5.41, 5.74) is 1.15. The van der Waals surface area contributed by atoms with E-state index < -0.39 is 5.41 Å². The molecule has 0 aliphatic heterocycles. The largest absolute Gasteiger partial charge is 0.324 e. The minimum atomic E-state index is -0.520. The Kier molecular flexibility index (Phi) is 5.21. The normalized spacial score (nSPS) is 11.0. The fourth-order valence-corrected chi connectivity index (χ4v) is 2.18. The molecule has 2 aromatic rings. The molecule has 0 bridgehead atoms. The summed E-state index contributed by atoms with van der Waals surface area (Å²) in [5, 5.41) is 5.70. The second-order valence-corrected chi connectivity index (χ2v) is 7.13. The smallest absolute Gasteiger partial charge is 0.255 e. The summed E-state index contributed by atoms with van der Waals surface area (Å²) < 4.78 is 0.814. The van der Waals surface area contributed by atoms with Crippen LogP contribution in [0, 0.1) is 5.41 Å². The van der Waals surface area contributed by atoms with Gasteiger partial charge < -0.3 is 10.6 Å². The molecule has 2 aromatic carbocycles. The SMILES string of the molecule is CC(C)(C)C(=O)Nc1ccc(Br)cc1NC(=O)c1ccccc1. The summed E-state index contributed by atoms with van der Waals surface area (Å²) >= 11 is 3.38. The molecule has 0 aliphatic rings. The van der Waals surface area contributed by atoms with Crippen molar-refractivity contribution in [3.63, 3.8) is 0 Å². The summed E-state index contributed by atoms with van der Waals surface area (Å²) in [4.78, 5) is 24.5. The lowest BCUT2D eigenvalue weighted by molar-refractivity contribution is -0.123. The first-order valence-corrected chi connectivity index (χ1v) is 8.04. The Balaban J connectivity index is 2.26. The molecule has 4 nitrogen and oxygen atoms in total. The maximum absolute atomic E-state index is 12.3. The van der Waals surface area contributed by atoms with Gasteiger partial charge in [-0.1, -0.05) is 54.9 Å². The van der Waals surface area contributed by atoms with E-state index in [9.17, 15) is 9.59 Å². The van der Waals surface area contributed by atoms with Gasteiger partial charge >= 0.3 is 0 Å². The molecule has 0 atom stereocenters. The van der Waals surface area contributed by atoms with Crippen LogP contribution < -0.4 is 10.6 Å². The maximum atomic E-state index is 12.3. The van der Waals surface area contributed by atoms with E-state index in [0.29, 0.717) is 16.9 Å². The zero-order valence-corrected chi connectivity index (χ0v) is 14.9. The minimum Gasteiger partial charge on any atom is -0.324 e. The number of rotatable bonds is 3. The molecular weight excluding hydrogens is 356 g/mol. The highest BCUT2D eigenvalue weighted by Crippen LogP contribution is 2.28. The molecule has 0 saturated heterocycles. The molecule has 0 spiro atoms. The highest BCUT2D eigenvalue weighted by molar-refractivity contribution is 9.10. The van der Waals surface area contributed by atoms with Gasteiger partial charge in [0.15, 0.2) is 0 Å². The highest BCUT2D eigenvalue weighted by Gasteiger charge is 2.22. The molecular formula is C18H19BrN2O2. The van der Waals surface area contributed by atoms with Crippen LogP contribution in [0.4, 0.5) is 11.4 Å². The summed E-state index contributed by atoms with van der Waals surface area (Å²) in [6.45, 7) is 5.51. The van der Waals surface area contributed by atoms with Crippen LogP contribution in [0.3, 0.4) is 0 Å². The first kappa shape index (κ1) is 17.2. The Hall–Kier alpha value is -2.14. The third kappa shape index (κ3) is 4.66. The molecule has 2 N–H and O–H groups in total. The van der Waals surface area contributed by atoms with Crippen molar-refractivity contribution in [3.8, 4) is 0 Å². The van der Waals surface area contributed by atoms with Gasteiger partial charge in [0.2, 0.25) is 5.91 Å². The van der Waals surface area contributed by atoms with Gasteiger partial charge in [0.1, 0.15) is 0 Å². The molecule has 5 heteroatoms. The van der Waals surface area contributed by atoms with E-state index in [1.807, 2.05) is 32.9 Å². The second-order valence-electron chi connectivity index (χ2n) is 6.21. The maximum Gasteiger partial charge on any atom is 0.255 e. The molecule has 0 heterocycles. The van der Waals surface area contributed by atoms with Gasteiger partial charge in [-0.25, -0.2) is 0 Å². The lowest BCUT2D eigenvalue weighted by Gasteiger charge is -2.20. The van der Waals surface area contributed by atoms with Gasteiger partial charge in [-0.05, 0) is 30.3 Å². The summed E-state index contributed by atoms with van der Waals surface area (Å²) in [5.74, 6) is -0.343. The first-order chi connectivity index (χ1) is 10.8. The average Bonchev–Trinajstić information content (AvgIpc) is 2.49. The van der Waals surface area contributed by atoms with Gasteiger partial charge in [0, 0.05) is 15.5 Å². The number of nitrogens with one attached hydrogen (secondary N) is 2. The number of amides is 2. The number of halogens is 1. The topological polar surface area (TPSA) is 58.2 Å². The first-order valence-electron chi connectivity index (χ1n) is 7.25. The second kappa shape index (κ2) is 6.96. The van der Waals surface area contributed by atoms with Crippen LogP contribution in [0.1, 0.15) is 31.1 Å². The van der Waals surface area contributed by atoms with Crippen molar-refractivity contribution in [2.75, 3.05) is 10.6 Å². The summed E-state index contributed by atoms with van der Waals surface area (Å²) in [7, 11) is 0. The predicted molar refractivity (Wildman–Crippen MR) is 96.6 cm³/mol. The Morgan fingerprint density at radius 3 is 2.17 bits per heavy atom. The Morgan fingerprint density at radius 2 is 1.57 bits per heavy atom. The monoisotopic (exact) mass is 374 g/mol. The fourth-order valence-electron chi connectivity index (χ4n) is 1.82. The number of anilines is 2. The van der Waals surface area contributed by atoms with Crippen LogP contribution in [-0.2, 0) is 4.79 Å². The molecule has 0 radical (unpaired) electrons. The van der Waals surface area contributed by atoms with Gasteiger partial charge in [-0.2, -0.15) is 0 Å². The molecule has 120 valence electrons. The summed E-state index contributed by atoms with van der Waals surface area (Å²) in [6, 6.07) is 14.3. The molecule has 0 unspecified atom stereocenters. The lowest BCUT2D eigenvalue weighted by atomic mass is 9.95. The van der Waals surface area contributed by atoms with Crippen LogP contribution in [0.2, 0.25) is 0 Å². The fraction of sp³-hybridized carbons (Fsp3) is 0.222. The Labute approximate surface area is 144 Å². The van der Waals surface area contributed by atoms with E-state index in [1.165, 1.54) is 0 Å². The van der Waals surface area contributed by atoms with E-state index >= 15 is 0 Å². The van der Waals surface area contributed by atoms with Crippen LogP contribution in [0.25, 0.3) is 0 Å². The molecule has 0 fully saturated rings. The summed E-state index contributed by atoms with van der Waals surface area (Å²) in [6.07, 6.45) is 0. The Bertz CT molecular complexity index is 722. The average molecular weight is 375 g/mol. The zero-order chi connectivity index (χ0) is 17.0. The number of carbonyl (C=O) groups excluding carboxylic acids is 2. The molecule has 0 aromatic heterocycles. The van der Waals surface area contributed by atoms with Crippen LogP contribution in [0.5, 0.6) is 0 Å². The van der Waals surface area contributed by atoms with E-state index in [2.05, 4.69) is 26.6 Å². The highest BCUT2D eigenvalue weighted by atomic mass is 79.9. The molecule has 2 rings (SSSR count). The van der Waals surface area contributed by atoms with E-state index in [1.54, 1.807) is 36.4 Å². The van der Waals surface area contributed by atoms with E-state index in [-0.39, 0.29) is 11.8 Å². The van der Waals surface area contributed by atoms with Crippen molar-refractivity contribution in [1.29, 1.82) is 0 Å². The van der Waals surface area contributed by atoms with Crippen LogP contribution in [0.15, 0.2) is 53.0 Å². The van der Waals surface area contributed by atoms with Gasteiger partial charge in [0.05, 0.1) is 11.4 Å². The van der Waals surface area contributed by atoms with E-state index in [0.717, 1.165) is 4.47 Å².